The fourth-order valence-corrected chi connectivity index (χ4v) is 3.53. The molecule has 0 saturated heterocycles. The maximum Gasteiger partial charge on any atom is 0.224 e. The standard InChI is InChI=1S/C8H12BrNO2S2/c1-7-3-4-13-8(7)5-10(2)14(11,12)6-9/h3-4H,5-6H2,1-2H3. The van der Waals surface area contributed by atoms with Crippen molar-refractivity contribution in [2.45, 2.75) is 13.5 Å². The van der Waals surface area contributed by atoms with Gasteiger partial charge < -0.3 is 0 Å². The summed E-state index contributed by atoms with van der Waals surface area (Å²) in [6.07, 6.45) is 0. The highest BCUT2D eigenvalue weighted by Gasteiger charge is 2.17. The number of rotatable bonds is 4. The van der Waals surface area contributed by atoms with E-state index in [9.17, 15) is 8.42 Å². The number of hydrogen-bond acceptors (Lipinski definition) is 3. The van der Waals surface area contributed by atoms with Crippen molar-refractivity contribution >= 4 is 37.3 Å². The Morgan fingerprint density at radius 2 is 2.21 bits per heavy atom. The lowest BCUT2D eigenvalue weighted by Gasteiger charge is -2.14. The molecule has 0 saturated carbocycles. The van der Waals surface area contributed by atoms with Crippen LogP contribution in [-0.2, 0) is 16.6 Å². The maximum absolute atomic E-state index is 11.4. The Balaban J connectivity index is 2.76. The lowest BCUT2D eigenvalue weighted by atomic mass is 10.3. The molecule has 1 aromatic heterocycles. The zero-order valence-corrected chi connectivity index (χ0v) is 11.2. The van der Waals surface area contributed by atoms with Gasteiger partial charge in [0.15, 0.2) is 0 Å². The van der Waals surface area contributed by atoms with E-state index in [1.54, 1.807) is 18.4 Å². The van der Waals surface area contributed by atoms with Crippen molar-refractivity contribution in [3.63, 3.8) is 0 Å². The number of sulfonamides is 1. The third-order valence-electron chi connectivity index (χ3n) is 1.95. The van der Waals surface area contributed by atoms with Crippen LogP contribution in [0, 0.1) is 6.92 Å². The van der Waals surface area contributed by atoms with Crippen molar-refractivity contribution in [3.05, 3.63) is 21.9 Å². The second-order valence-electron chi connectivity index (χ2n) is 3.00. The molecule has 0 radical (unpaired) electrons. The van der Waals surface area contributed by atoms with Crippen LogP contribution in [0.4, 0.5) is 0 Å². The zero-order valence-electron chi connectivity index (χ0n) is 8.03. The number of halogens is 1. The van der Waals surface area contributed by atoms with Gasteiger partial charge in [-0.25, -0.2) is 8.42 Å². The first-order valence-electron chi connectivity index (χ1n) is 4.00. The van der Waals surface area contributed by atoms with Crippen LogP contribution < -0.4 is 0 Å². The van der Waals surface area contributed by atoms with Gasteiger partial charge in [0.1, 0.15) is 4.66 Å². The molecule has 3 nitrogen and oxygen atoms in total. The minimum atomic E-state index is -3.13. The number of aryl methyl sites for hydroxylation is 1. The largest absolute Gasteiger partial charge is 0.224 e. The molecule has 0 amide bonds. The van der Waals surface area contributed by atoms with E-state index in [4.69, 9.17) is 0 Å². The van der Waals surface area contributed by atoms with Gasteiger partial charge in [0, 0.05) is 18.5 Å². The Labute approximate surface area is 96.9 Å². The van der Waals surface area contributed by atoms with Crippen molar-refractivity contribution in [2.24, 2.45) is 0 Å². The molecule has 0 spiro atoms. The molecule has 14 heavy (non-hydrogen) atoms. The maximum atomic E-state index is 11.4. The molecule has 0 aliphatic heterocycles. The SMILES string of the molecule is Cc1ccsc1CN(C)S(=O)(=O)CBr. The van der Waals surface area contributed by atoms with E-state index in [0.717, 1.165) is 10.4 Å². The van der Waals surface area contributed by atoms with E-state index >= 15 is 0 Å². The van der Waals surface area contributed by atoms with E-state index in [1.807, 2.05) is 18.4 Å². The summed E-state index contributed by atoms with van der Waals surface area (Å²) in [7, 11) is -1.54. The van der Waals surface area contributed by atoms with Gasteiger partial charge >= 0.3 is 0 Å². The lowest BCUT2D eigenvalue weighted by molar-refractivity contribution is 0.474. The van der Waals surface area contributed by atoms with E-state index in [1.165, 1.54) is 4.31 Å². The van der Waals surface area contributed by atoms with Crippen molar-refractivity contribution in [2.75, 3.05) is 11.7 Å². The predicted octanol–water partition coefficient (Wildman–Crippen LogP) is 2.17. The highest BCUT2D eigenvalue weighted by molar-refractivity contribution is 9.10. The summed E-state index contributed by atoms with van der Waals surface area (Å²) in [5.74, 6) is 0. The predicted molar refractivity (Wildman–Crippen MR) is 63.2 cm³/mol. The van der Waals surface area contributed by atoms with Crippen LogP contribution in [0.1, 0.15) is 10.4 Å². The first-order valence-corrected chi connectivity index (χ1v) is 7.61. The molecular formula is C8H12BrNO2S2. The lowest BCUT2D eigenvalue weighted by Crippen LogP contribution is -2.26. The first-order chi connectivity index (χ1) is 6.47. The van der Waals surface area contributed by atoms with Gasteiger partial charge in [-0.05, 0) is 23.9 Å². The Morgan fingerprint density at radius 1 is 1.57 bits per heavy atom. The highest BCUT2D eigenvalue weighted by atomic mass is 79.9. The number of nitrogens with zero attached hydrogens (tertiary/aromatic N) is 1. The molecule has 1 heterocycles. The van der Waals surface area contributed by atoms with Crippen LogP contribution >= 0.6 is 27.3 Å². The van der Waals surface area contributed by atoms with Crippen molar-refractivity contribution < 1.29 is 8.42 Å². The van der Waals surface area contributed by atoms with Crippen molar-refractivity contribution in [3.8, 4) is 0 Å². The second kappa shape index (κ2) is 4.74. The van der Waals surface area contributed by atoms with E-state index in [0.29, 0.717) is 6.54 Å². The number of alkyl halides is 1. The Kier molecular flexibility index (Phi) is 4.12. The molecule has 0 bridgehead atoms. The summed E-state index contributed by atoms with van der Waals surface area (Å²) in [5, 5.41) is 1.97. The first kappa shape index (κ1) is 12.2. The molecule has 0 atom stereocenters. The van der Waals surface area contributed by atoms with Crippen LogP contribution in [0.2, 0.25) is 0 Å². The van der Waals surface area contributed by atoms with Gasteiger partial charge in [-0.1, -0.05) is 15.9 Å². The number of hydrogen-bond donors (Lipinski definition) is 0. The van der Waals surface area contributed by atoms with Crippen LogP contribution in [-0.4, -0.2) is 24.4 Å². The molecule has 80 valence electrons. The van der Waals surface area contributed by atoms with Crippen molar-refractivity contribution in [1.29, 1.82) is 0 Å². The van der Waals surface area contributed by atoms with Crippen LogP contribution in [0.15, 0.2) is 11.4 Å². The monoisotopic (exact) mass is 297 g/mol. The van der Waals surface area contributed by atoms with Gasteiger partial charge in [-0.3, -0.25) is 0 Å². The summed E-state index contributed by atoms with van der Waals surface area (Å²) >= 11 is 4.55. The minimum absolute atomic E-state index is 0.0269. The van der Waals surface area contributed by atoms with Gasteiger partial charge in [-0.2, -0.15) is 4.31 Å². The van der Waals surface area contributed by atoms with Crippen molar-refractivity contribution in [1.82, 2.24) is 4.31 Å². The fraction of sp³-hybridized carbons (Fsp3) is 0.500. The molecule has 0 unspecified atom stereocenters. The van der Waals surface area contributed by atoms with Gasteiger partial charge in [0.05, 0.1) is 0 Å². The molecule has 0 fully saturated rings. The summed E-state index contributed by atoms with van der Waals surface area (Å²) in [6, 6.07) is 1.99. The van der Waals surface area contributed by atoms with Crippen LogP contribution in [0.5, 0.6) is 0 Å². The van der Waals surface area contributed by atoms with Crippen LogP contribution in [0.25, 0.3) is 0 Å². The molecule has 0 aliphatic carbocycles. The summed E-state index contributed by atoms with van der Waals surface area (Å²) in [4.78, 5) is 1.09. The molecular weight excluding hydrogens is 286 g/mol. The Hall–Kier alpha value is 0.0900. The van der Waals surface area contributed by atoms with E-state index < -0.39 is 10.0 Å². The minimum Gasteiger partial charge on any atom is -0.211 e. The van der Waals surface area contributed by atoms with Gasteiger partial charge in [0.2, 0.25) is 10.0 Å². The van der Waals surface area contributed by atoms with Gasteiger partial charge in [0.25, 0.3) is 0 Å². The van der Waals surface area contributed by atoms with E-state index in [-0.39, 0.29) is 4.66 Å². The summed E-state index contributed by atoms with van der Waals surface area (Å²) in [5.41, 5.74) is 1.15. The topological polar surface area (TPSA) is 37.4 Å². The molecule has 1 rings (SSSR count). The third kappa shape index (κ3) is 2.79. The molecule has 6 heteroatoms. The molecule has 0 N–H and O–H groups in total. The Bertz CT molecular complexity index is 399. The highest BCUT2D eigenvalue weighted by Crippen LogP contribution is 2.18. The van der Waals surface area contributed by atoms with Crippen LogP contribution in [0.3, 0.4) is 0 Å². The second-order valence-corrected chi connectivity index (χ2v) is 7.38. The third-order valence-corrected chi connectivity index (χ3v) is 6.05. The normalized spacial score (nSPS) is 12.3. The fourth-order valence-electron chi connectivity index (χ4n) is 0.950. The average Bonchev–Trinajstić information content (AvgIpc) is 2.52. The summed E-state index contributed by atoms with van der Waals surface area (Å²) < 4.78 is 24.2. The van der Waals surface area contributed by atoms with E-state index in [2.05, 4.69) is 15.9 Å². The number of thiophene rings is 1. The smallest absolute Gasteiger partial charge is 0.211 e. The molecule has 0 aliphatic rings. The average molecular weight is 298 g/mol. The summed E-state index contributed by atoms with van der Waals surface area (Å²) in [6.45, 7) is 2.44. The van der Waals surface area contributed by atoms with Gasteiger partial charge in [-0.15, -0.1) is 11.3 Å². The molecule has 1 aromatic rings. The quantitative estimate of drug-likeness (QED) is 0.799. The Morgan fingerprint density at radius 3 is 2.64 bits per heavy atom. The molecule has 0 aromatic carbocycles. The zero-order chi connectivity index (χ0) is 10.8.